The molecule has 0 unspecified atom stereocenters. The van der Waals surface area contributed by atoms with Gasteiger partial charge in [0, 0.05) is 17.4 Å². The molecular formula is C14H15N3O3S. The SMILES string of the molecule is Cc1cccnc1NC(=O)c1cccc(NS(C)(=O)=O)c1. The molecule has 7 heteroatoms. The van der Waals surface area contributed by atoms with Gasteiger partial charge in [-0.05, 0) is 36.8 Å². The van der Waals surface area contributed by atoms with Crippen LogP contribution in [0, 0.1) is 6.92 Å². The van der Waals surface area contributed by atoms with Crippen molar-refractivity contribution >= 4 is 27.4 Å². The Morgan fingerprint density at radius 2 is 1.95 bits per heavy atom. The molecule has 0 bridgehead atoms. The van der Waals surface area contributed by atoms with Gasteiger partial charge in [0.1, 0.15) is 5.82 Å². The van der Waals surface area contributed by atoms with Gasteiger partial charge in [0.2, 0.25) is 10.0 Å². The summed E-state index contributed by atoms with van der Waals surface area (Å²) in [5.41, 5.74) is 1.52. The zero-order valence-electron chi connectivity index (χ0n) is 11.6. The van der Waals surface area contributed by atoms with Crippen LogP contribution in [0.5, 0.6) is 0 Å². The van der Waals surface area contributed by atoms with Gasteiger partial charge in [-0.2, -0.15) is 0 Å². The van der Waals surface area contributed by atoms with Gasteiger partial charge in [0.05, 0.1) is 6.26 Å². The molecule has 1 aromatic carbocycles. The maximum atomic E-state index is 12.2. The molecule has 0 saturated carbocycles. The highest BCUT2D eigenvalue weighted by molar-refractivity contribution is 7.92. The third-order valence-electron chi connectivity index (χ3n) is 2.67. The van der Waals surface area contributed by atoms with Crippen molar-refractivity contribution in [3.05, 3.63) is 53.7 Å². The first kappa shape index (κ1) is 15.0. The Hall–Kier alpha value is -2.41. The van der Waals surface area contributed by atoms with Crippen molar-refractivity contribution < 1.29 is 13.2 Å². The number of hydrogen-bond acceptors (Lipinski definition) is 4. The Morgan fingerprint density at radius 1 is 1.19 bits per heavy atom. The van der Waals surface area contributed by atoms with E-state index in [1.54, 1.807) is 30.5 Å². The fraction of sp³-hybridized carbons (Fsp3) is 0.143. The van der Waals surface area contributed by atoms with Crippen molar-refractivity contribution in [1.82, 2.24) is 4.98 Å². The molecule has 1 amide bonds. The number of carbonyl (C=O) groups excluding carboxylic acids is 1. The number of nitrogens with one attached hydrogen (secondary N) is 2. The van der Waals surface area contributed by atoms with Crippen LogP contribution < -0.4 is 10.0 Å². The number of benzene rings is 1. The minimum absolute atomic E-state index is 0.336. The highest BCUT2D eigenvalue weighted by Crippen LogP contribution is 2.15. The molecule has 0 fully saturated rings. The van der Waals surface area contributed by atoms with Crippen LogP contribution in [0.2, 0.25) is 0 Å². The van der Waals surface area contributed by atoms with Gasteiger partial charge in [-0.15, -0.1) is 0 Å². The van der Waals surface area contributed by atoms with Gasteiger partial charge >= 0.3 is 0 Å². The summed E-state index contributed by atoms with van der Waals surface area (Å²) in [6, 6.07) is 9.86. The third kappa shape index (κ3) is 4.28. The first-order valence-electron chi connectivity index (χ1n) is 6.16. The van der Waals surface area contributed by atoms with Crippen molar-refractivity contribution in [2.24, 2.45) is 0 Å². The predicted molar refractivity (Wildman–Crippen MR) is 81.8 cm³/mol. The fourth-order valence-electron chi connectivity index (χ4n) is 1.73. The number of carbonyl (C=O) groups is 1. The number of rotatable bonds is 4. The van der Waals surface area contributed by atoms with Crippen LogP contribution in [-0.2, 0) is 10.0 Å². The summed E-state index contributed by atoms with van der Waals surface area (Å²) in [5.74, 6) is 0.123. The summed E-state index contributed by atoms with van der Waals surface area (Å²) in [5, 5.41) is 2.69. The number of nitrogens with zero attached hydrogens (tertiary/aromatic N) is 1. The van der Waals surface area contributed by atoms with Gasteiger partial charge in [0.25, 0.3) is 5.91 Å². The van der Waals surface area contributed by atoms with Gasteiger partial charge in [-0.1, -0.05) is 12.1 Å². The summed E-state index contributed by atoms with van der Waals surface area (Å²) < 4.78 is 24.7. The van der Waals surface area contributed by atoms with E-state index in [2.05, 4.69) is 15.0 Å². The Balaban J connectivity index is 2.20. The first-order chi connectivity index (χ1) is 9.85. The summed E-state index contributed by atoms with van der Waals surface area (Å²) in [6.45, 7) is 1.84. The van der Waals surface area contributed by atoms with Crippen LogP contribution in [-0.4, -0.2) is 25.6 Å². The quantitative estimate of drug-likeness (QED) is 0.904. The second kappa shape index (κ2) is 5.92. The van der Waals surface area contributed by atoms with Crippen LogP contribution in [0.4, 0.5) is 11.5 Å². The fourth-order valence-corrected chi connectivity index (χ4v) is 2.29. The molecule has 21 heavy (non-hydrogen) atoms. The van der Waals surface area contributed by atoms with Gasteiger partial charge in [-0.3, -0.25) is 9.52 Å². The number of aromatic nitrogens is 1. The predicted octanol–water partition coefficient (Wildman–Crippen LogP) is 2.01. The molecule has 2 rings (SSSR count). The maximum Gasteiger partial charge on any atom is 0.256 e. The molecule has 0 spiro atoms. The smallest absolute Gasteiger partial charge is 0.256 e. The van der Waals surface area contributed by atoms with E-state index < -0.39 is 10.0 Å². The van der Waals surface area contributed by atoms with Crippen LogP contribution in [0.3, 0.4) is 0 Å². The Bertz CT molecular complexity index is 773. The molecule has 2 N–H and O–H groups in total. The summed E-state index contributed by atoms with van der Waals surface area (Å²) in [7, 11) is -3.38. The molecule has 0 aliphatic rings. The second-order valence-electron chi connectivity index (χ2n) is 4.58. The topological polar surface area (TPSA) is 88.2 Å². The van der Waals surface area contributed by atoms with E-state index >= 15 is 0 Å². The average molecular weight is 305 g/mol. The van der Waals surface area contributed by atoms with Crippen molar-refractivity contribution in [3.63, 3.8) is 0 Å². The van der Waals surface area contributed by atoms with E-state index in [0.29, 0.717) is 17.1 Å². The number of pyridine rings is 1. The van der Waals surface area contributed by atoms with Gasteiger partial charge in [0.15, 0.2) is 0 Å². The molecule has 0 aliphatic heterocycles. The normalized spacial score (nSPS) is 11.0. The lowest BCUT2D eigenvalue weighted by molar-refractivity contribution is 0.102. The monoisotopic (exact) mass is 305 g/mol. The highest BCUT2D eigenvalue weighted by atomic mass is 32.2. The molecular weight excluding hydrogens is 290 g/mol. The molecule has 0 saturated heterocycles. The van der Waals surface area contributed by atoms with Crippen molar-refractivity contribution in [3.8, 4) is 0 Å². The van der Waals surface area contributed by atoms with Crippen LogP contribution in [0.1, 0.15) is 15.9 Å². The second-order valence-corrected chi connectivity index (χ2v) is 6.33. The molecule has 110 valence electrons. The van der Waals surface area contributed by atoms with E-state index in [9.17, 15) is 13.2 Å². The molecule has 6 nitrogen and oxygen atoms in total. The Kier molecular flexibility index (Phi) is 4.23. The summed E-state index contributed by atoms with van der Waals surface area (Å²) in [4.78, 5) is 16.2. The van der Waals surface area contributed by atoms with Crippen molar-refractivity contribution in [1.29, 1.82) is 0 Å². The zero-order valence-corrected chi connectivity index (χ0v) is 12.4. The summed E-state index contributed by atoms with van der Waals surface area (Å²) in [6.07, 6.45) is 2.64. The lowest BCUT2D eigenvalue weighted by Gasteiger charge is -2.08. The van der Waals surface area contributed by atoms with Crippen LogP contribution in [0.15, 0.2) is 42.6 Å². The zero-order chi connectivity index (χ0) is 15.5. The maximum absolute atomic E-state index is 12.2. The van der Waals surface area contributed by atoms with Gasteiger partial charge in [-0.25, -0.2) is 13.4 Å². The molecule has 2 aromatic rings. The molecule has 0 radical (unpaired) electrons. The molecule has 0 atom stereocenters. The highest BCUT2D eigenvalue weighted by Gasteiger charge is 2.10. The van der Waals surface area contributed by atoms with Crippen molar-refractivity contribution in [2.75, 3.05) is 16.3 Å². The van der Waals surface area contributed by atoms with E-state index in [4.69, 9.17) is 0 Å². The lowest BCUT2D eigenvalue weighted by Crippen LogP contribution is -2.15. The first-order valence-corrected chi connectivity index (χ1v) is 8.05. The lowest BCUT2D eigenvalue weighted by atomic mass is 10.2. The Labute approximate surface area is 123 Å². The molecule has 1 aromatic heterocycles. The Morgan fingerprint density at radius 3 is 2.62 bits per heavy atom. The molecule has 1 heterocycles. The van der Waals surface area contributed by atoms with Crippen molar-refractivity contribution in [2.45, 2.75) is 6.92 Å². The van der Waals surface area contributed by atoms with Crippen LogP contribution >= 0.6 is 0 Å². The van der Waals surface area contributed by atoms with E-state index in [1.165, 1.54) is 6.07 Å². The van der Waals surface area contributed by atoms with E-state index in [1.807, 2.05) is 13.0 Å². The van der Waals surface area contributed by atoms with Gasteiger partial charge < -0.3 is 5.32 Å². The average Bonchev–Trinajstić information content (AvgIpc) is 2.39. The summed E-state index contributed by atoms with van der Waals surface area (Å²) >= 11 is 0. The molecule has 0 aliphatic carbocycles. The number of sulfonamides is 1. The minimum Gasteiger partial charge on any atom is -0.306 e. The largest absolute Gasteiger partial charge is 0.306 e. The number of amides is 1. The number of anilines is 2. The number of aryl methyl sites for hydroxylation is 1. The minimum atomic E-state index is -3.38. The number of hydrogen-bond donors (Lipinski definition) is 2. The van der Waals surface area contributed by atoms with Crippen LogP contribution in [0.25, 0.3) is 0 Å². The van der Waals surface area contributed by atoms with E-state index in [-0.39, 0.29) is 5.91 Å². The van der Waals surface area contributed by atoms with E-state index in [0.717, 1.165) is 11.8 Å². The standard InChI is InChI=1S/C14H15N3O3S/c1-10-5-4-8-15-13(10)16-14(18)11-6-3-7-12(9-11)17-21(2,19)20/h3-9,17H,1-2H3,(H,15,16,18). The third-order valence-corrected chi connectivity index (χ3v) is 3.28.